The molecule has 180 valence electrons. The van der Waals surface area contributed by atoms with E-state index >= 15 is 0 Å². The maximum Gasteiger partial charge on any atom is 0.259 e. The van der Waals surface area contributed by atoms with Gasteiger partial charge in [0.2, 0.25) is 5.91 Å². The van der Waals surface area contributed by atoms with Crippen LogP contribution in [0.15, 0.2) is 65.6 Å². The average Bonchev–Trinajstić information content (AvgIpc) is 2.84. The number of rotatable bonds is 9. The maximum absolute atomic E-state index is 12.8. The van der Waals surface area contributed by atoms with Gasteiger partial charge in [-0.25, -0.2) is 4.98 Å². The summed E-state index contributed by atoms with van der Waals surface area (Å²) in [5.74, 6) is 1.32. The minimum absolute atomic E-state index is 0.268. The number of pyridine rings is 2. The van der Waals surface area contributed by atoms with Gasteiger partial charge < -0.3 is 25.5 Å². The SMILES string of the molecule is COc1cccc(C(N)=O)c1-c1cc2cc[nH]c(=O)c2c(Nc2ccccc2OCCC(C)C)n1. The molecule has 0 saturated carbocycles. The lowest BCUT2D eigenvalue weighted by molar-refractivity contribution is 0.100. The van der Waals surface area contributed by atoms with Gasteiger partial charge in [-0.1, -0.05) is 32.0 Å². The van der Waals surface area contributed by atoms with Crippen molar-refractivity contribution in [3.05, 3.63) is 76.7 Å². The monoisotopic (exact) mass is 472 g/mol. The maximum atomic E-state index is 12.8. The first-order chi connectivity index (χ1) is 16.9. The van der Waals surface area contributed by atoms with Crippen LogP contribution in [0.3, 0.4) is 0 Å². The van der Waals surface area contributed by atoms with Crippen molar-refractivity contribution >= 4 is 28.2 Å². The van der Waals surface area contributed by atoms with Crippen molar-refractivity contribution in [2.24, 2.45) is 11.7 Å². The zero-order chi connectivity index (χ0) is 24.9. The van der Waals surface area contributed by atoms with E-state index in [0.29, 0.717) is 57.6 Å². The molecular formula is C27H28N4O4. The molecule has 4 aromatic rings. The van der Waals surface area contributed by atoms with Crippen LogP contribution >= 0.6 is 0 Å². The number of ether oxygens (including phenoxy) is 2. The molecule has 8 heteroatoms. The molecule has 0 fully saturated rings. The molecule has 2 aromatic carbocycles. The summed E-state index contributed by atoms with van der Waals surface area (Å²) in [5, 5.41) is 4.30. The second kappa shape index (κ2) is 10.3. The molecule has 0 saturated heterocycles. The van der Waals surface area contributed by atoms with E-state index in [-0.39, 0.29) is 11.1 Å². The number of aromatic nitrogens is 2. The third-order valence-electron chi connectivity index (χ3n) is 5.61. The summed E-state index contributed by atoms with van der Waals surface area (Å²) in [6.07, 6.45) is 2.48. The number of benzene rings is 2. The molecule has 4 N–H and O–H groups in total. The van der Waals surface area contributed by atoms with Crippen LogP contribution in [0.2, 0.25) is 0 Å². The zero-order valence-corrected chi connectivity index (χ0v) is 19.9. The first-order valence-corrected chi connectivity index (χ1v) is 11.4. The molecule has 2 heterocycles. The number of hydrogen-bond acceptors (Lipinski definition) is 6. The van der Waals surface area contributed by atoms with Gasteiger partial charge in [0.15, 0.2) is 0 Å². The first kappa shape index (κ1) is 23.8. The highest BCUT2D eigenvalue weighted by atomic mass is 16.5. The summed E-state index contributed by atoms with van der Waals surface area (Å²) in [6, 6.07) is 16.0. The van der Waals surface area contributed by atoms with Crippen LogP contribution in [-0.2, 0) is 0 Å². The van der Waals surface area contributed by atoms with Crippen molar-refractivity contribution < 1.29 is 14.3 Å². The van der Waals surface area contributed by atoms with Crippen molar-refractivity contribution in [1.29, 1.82) is 0 Å². The number of aromatic amines is 1. The third-order valence-corrected chi connectivity index (χ3v) is 5.61. The van der Waals surface area contributed by atoms with E-state index < -0.39 is 5.91 Å². The van der Waals surface area contributed by atoms with Gasteiger partial charge >= 0.3 is 0 Å². The fourth-order valence-electron chi connectivity index (χ4n) is 3.83. The number of methoxy groups -OCH3 is 1. The van der Waals surface area contributed by atoms with Crippen molar-refractivity contribution in [1.82, 2.24) is 9.97 Å². The molecule has 2 aromatic heterocycles. The summed E-state index contributed by atoms with van der Waals surface area (Å²) in [7, 11) is 1.51. The van der Waals surface area contributed by atoms with E-state index in [9.17, 15) is 9.59 Å². The second-order valence-corrected chi connectivity index (χ2v) is 8.53. The number of nitrogens with two attached hydrogens (primary N) is 1. The number of para-hydroxylation sites is 2. The predicted octanol–water partition coefficient (Wildman–Crippen LogP) is 4.87. The lowest BCUT2D eigenvalue weighted by Crippen LogP contribution is -2.14. The Kier molecular flexibility index (Phi) is 7.01. The van der Waals surface area contributed by atoms with Gasteiger partial charge in [0.05, 0.1) is 41.6 Å². The van der Waals surface area contributed by atoms with E-state index in [1.165, 1.54) is 7.11 Å². The van der Waals surface area contributed by atoms with Crippen LogP contribution < -0.4 is 26.1 Å². The lowest BCUT2D eigenvalue weighted by Gasteiger charge is -2.17. The van der Waals surface area contributed by atoms with E-state index in [1.807, 2.05) is 24.3 Å². The number of primary amides is 1. The molecule has 0 unspecified atom stereocenters. The Hall–Kier alpha value is -4.33. The highest BCUT2D eigenvalue weighted by Gasteiger charge is 2.20. The summed E-state index contributed by atoms with van der Waals surface area (Å²) in [5.41, 5.74) is 7.19. The van der Waals surface area contributed by atoms with E-state index in [2.05, 4.69) is 24.1 Å². The zero-order valence-electron chi connectivity index (χ0n) is 19.9. The fraction of sp³-hybridized carbons (Fsp3) is 0.222. The van der Waals surface area contributed by atoms with Crippen LogP contribution in [0, 0.1) is 5.92 Å². The molecule has 1 amide bonds. The van der Waals surface area contributed by atoms with Crippen molar-refractivity contribution in [2.75, 3.05) is 19.0 Å². The molecule has 0 radical (unpaired) electrons. The first-order valence-electron chi connectivity index (χ1n) is 11.4. The summed E-state index contributed by atoms with van der Waals surface area (Å²) >= 11 is 0. The van der Waals surface area contributed by atoms with E-state index in [0.717, 1.165) is 6.42 Å². The van der Waals surface area contributed by atoms with Gasteiger partial charge in [-0.15, -0.1) is 0 Å². The Morgan fingerprint density at radius 2 is 1.89 bits per heavy atom. The number of carbonyl (C=O) groups excluding carboxylic acids is 1. The van der Waals surface area contributed by atoms with Gasteiger partial charge in [-0.3, -0.25) is 9.59 Å². The minimum atomic E-state index is -0.606. The van der Waals surface area contributed by atoms with Crippen LogP contribution in [-0.4, -0.2) is 29.6 Å². The van der Waals surface area contributed by atoms with Crippen LogP contribution in [0.5, 0.6) is 11.5 Å². The highest BCUT2D eigenvalue weighted by Crippen LogP contribution is 2.36. The van der Waals surface area contributed by atoms with Crippen LogP contribution in [0.4, 0.5) is 11.5 Å². The molecule has 0 aliphatic carbocycles. The van der Waals surface area contributed by atoms with Crippen molar-refractivity contribution in [3.8, 4) is 22.8 Å². The molecule has 35 heavy (non-hydrogen) atoms. The Morgan fingerprint density at radius 3 is 2.63 bits per heavy atom. The largest absolute Gasteiger partial charge is 0.496 e. The molecule has 4 rings (SSSR count). The van der Waals surface area contributed by atoms with Crippen molar-refractivity contribution in [3.63, 3.8) is 0 Å². The normalized spacial score (nSPS) is 11.0. The van der Waals surface area contributed by atoms with Gasteiger partial charge in [0.25, 0.3) is 5.56 Å². The topological polar surface area (TPSA) is 119 Å². The number of carbonyl (C=O) groups is 1. The van der Waals surface area contributed by atoms with Crippen LogP contribution in [0.25, 0.3) is 22.0 Å². The number of nitrogens with zero attached hydrogens (tertiary/aromatic N) is 1. The number of H-pyrrole nitrogens is 1. The summed E-state index contributed by atoms with van der Waals surface area (Å²) < 4.78 is 11.5. The molecule has 0 aliphatic heterocycles. The summed E-state index contributed by atoms with van der Waals surface area (Å²) in [6.45, 7) is 4.84. The number of nitrogens with one attached hydrogen (secondary N) is 2. The number of hydrogen-bond donors (Lipinski definition) is 3. The Balaban J connectivity index is 1.87. The molecule has 0 bridgehead atoms. The van der Waals surface area contributed by atoms with Gasteiger partial charge in [-0.2, -0.15) is 0 Å². The third kappa shape index (κ3) is 5.11. The number of anilines is 2. The Bertz CT molecular complexity index is 1430. The Labute approximate surface area is 203 Å². The van der Waals surface area contributed by atoms with E-state index in [4.69, 9.17) is 20.2 Å². The smallest absolute Gasteiger partial charge is 0.259 e. The average molecular weight is 473 g/mol. The molecule has 8 nitrogen and oxygen atoms in total. The minimum Gasteiger partial charge on any atom is -0.496 e. The Morgan fingerprint density at radius 1 is 1.11 bits per heavy atom. The number of fused-ring (bicyclic) bond motifs is 1. The second-order valence-electron chi connectivity index (χ2n) is 8.53. The van der Waals surface area contributed by atoms with E-state index in [1.54, 1.807) is 36.5 Å². The van der Waals surface area contributed by atoms with Crippen LogP contribution in [0.1, 0.15) is 30.6 Å². The highest BCUT2D eigenvalue weighted by molar-refractivity contribution is 6.03. The van der Waals surface area contributed by atoms with Gasteiger partial charge in [-0.05, 0) is 54.1 Å². The molecular weight excluding hydrogens is 444 g/mol. The fourth-order valence-corrected chi connectivity index (χ4v) is 3.83. The van der Waals surface area contributed by atoms with Gasteiger partial charge in [0.1, 0.15) is 17.3 Å². The standard InChI is InChI=1S/C27H28N4O4/c1-16(2)12-14-35-21-9-5-4-8-19(21)30-26-23-17(11-13-29-27(23)33)15-20(31-26)24-18(25(28)32)7-6-10-22(24)34-3/h4-11,13,15-16H,12,14H2,1-3H3,(H2,28,32)(H,29,33)(H,30,31). The summed E-state index contributed by atoms with van der Waals surface area (Å²) in [4.78, 5) is 32.5. The van der Waals surface area contributed by atoms with Crippen molar-refractivity contribution in [2.45, 2.75) is 20.3 Å². The molecule has 0 atom stereocenters. The lowest BCUT2D eigenvalue weighted by atomic mass is 10.0. The predicted molar refractivity (Wildman–Crippen MR) is 138 cm³/mol. The quantitative estimate of drug-likeness (QED) is 0.320. The van der Waals surface area contributed by atoms with Gasteiger partial charge in [0, 0.05) is 6.20 Å². The molecule has 0 aliphatic rings. The number of amides is 1. The molecule has 0 spiro atoms.